The molecule has 0 amide bonds. The summed E-state index contributed by atoms with van der Waals surface area (Å²) < 4.78 is 46.5. The van der Waals surface area contributed by atoms with Crippen LogP contribution in [0.2, 0.25) is 0 Å². The van der Waals surface area contributed by atoms with Crippen molar-refractivity contribution in [1.82, 2.24) is 5.32 Å². The van der Waals surface area contributed by atoms with Crippen LogP contribution in [0.25, 0.3) is 21.9 Å². The summed E-state index contributed by atoms with van der Waals surface area (Å²) in [7, 11) is 3.39. The van der Waals surface area contributed by atoms with Crippen LogP contribution in [0.5, 0.6) is 17.2 Å². The van der Waals surface area contributed by atoms with Gasteiger partial charge in [0.05, 0.1) is 21.3 Å². The average molecular weight is 572 g/mol. The summed E-state index contributed by atoms with van der Waals surface area (Å²) in [6.07, 6.45) is 0.693. The second-order valence-corrected chi connectivity index (χ2v) is 11.6. The molecular weight excluding hydrogens is 537 g/mol. The van der Waals surface area contributed by atoms with Crippen molar-refractivity contribution >= 4 is 35.5 Å². The van der Waals surface area contributed by atoms with E-state index in [0.29, 0.717) is 29.3 Å². The van der Waals surface area contributed by atoms with E-state index in [9.17, 15) is 14.5 Å². The lowest BCUT2D eigenvalue weighted by molar-refractivity contribution is -0.139. The maximum absolute atomic E-state index is 13.5. The van der Waals surface area contributed by atoms with Crippen LogP contribution in [-0.2, 0) is 31.2 Å². The lowest BCUT2D eigenvalue weighted by Crippen LogP contribution is -2.45. The Bertz CT molecular complexity index is 1530. The number of fused-ring (bicyclic) bond motifs is 3. The van der Waals surface area contributed by atoms with E-state index in [1.807, 2.05) is 48.5 Å². The zero-order chi connectivity index (χ0) is 28.9. The van der Waals surface area contributed by atoms with Crippen molar-refractivity contribution in [2.24, 2.45) is 0 Å². The molecule has 1 heterocycles. The fourth-order valence-electron chi connectivity index (χ4n) is 4.90. The van der Waals surface area contributed by atoms with Gasteiger partial charge in [-0.2, -0.15) is 0 Å². The number of rotatable bonds is 14. The number of methoxy groups -OCH3 is 3. The highest BCUT2D eigenvalue weighted by atomic mass is 31.2. The predicted molar refractivity (Wildman–Crippen MR) is 152 cm³/mol. The predicted octanol–water partition coefficient (Wildman–Crippen LogP) is 5.64. The van der Waals surface area contributed by atoms with Gasteiger partial charge >= 0.3 is 13.6 Å². The van der Waals surface area contributed by atoms with Crippen molar-refractivity contribution in [1.29, 1.82) is 0 Å². The number of aliphatic carboxylic acids is 1. The van der Waals surface area contributed by atoms with Crippen molar-refractivity contribution in [3.05, 3.63) is 65.7 Å². The van der Waals surface area contributed by atoms with Crippen LogP contribution in [0, 0.1) is 0 Å². The molecule has 0 fully saturated rings. The second kappa shape index (κ2) is 12.7. The fourth-order valence-corrected chi connectivity index (χ4v) is 6.36. The average Bonchev–Trinajstić information content (AvgIpc) is 3.35. The molecule has 3 aromatic carbocycles. The largest absolute Gasteiger partial charge is 0.493 e. The molecule has 0 aliphatic carbocycles. The number of hydrogen-bond donors (Lipinski definition) is 2. The first-order chi connectivity index (χ1) is 19.3. The summed E-state index contributed by atoms with van der Waals surface area (Å²) in [4.78, 5) is 12.4. The van der Waals surface area contributed by atoms with Crippen molar-refractivity contribution in [2.75, 3.05) is 35.5 Å². The molecule has 0 radical (unpaired) electrons. The van der Waals surface area contributed by atoms with Crippen molar-refractivity contribution in [2.45, 2.75) is 31.1 Å². The molecule has 10 nitrogen and oxygen atoms in total. The minimum Gasteiger partial charge on any atom is -0.493 e. The van der Waals surface area contributed by atoms with E-state index in [0.717, 1.165) is 27.5 Å². The Balaban J connectivity index is 1.60. The molecular formula is C29H34NO9P. The van der Waals surface area contributed by atoms with Gasteiger partial charge in [-0.15, -0.1) is 0 Å². The number of ether oxygens (including phenoxy) is 3. The molecule has 0 unspecified atom stereocenters. The Labute approximate surface area is 232 Å². The summed E-state index contributed by atoms with van der Waals surface area (Å²) in [6.45, 7) is 0. The van der Waals surface area contributed by atoms with Crippen LogP contribution in [0.3, 0.4) is 0 Å². The maximum Gasteiger partial charge on any atom is 0.346 e. The molecule has 0 spiro atoms. The van der Waals surface area contributed by atoms with Crippen LogP contribution in [0.15, 0.2) is 59.0 Å². The van der Waals surface area contributed by atoms with Crippen LogP contribution < -0.4 is 19.5 Å². The van der Waals surface area contributed by atoms with Gasteiger partial charge in [-0.25, -0.2) is 0 Å². The number of carbonyl (C=O) groups is 1. The summed E-state index contributed by atoms with van der Waals surface area (Å²) in [5, 5.41) is 15.1. The van der Waals surface area contributed by atoms with Gasteiger partial charge in [-0.1, -0.05) is 36.4 Å². The first-order valence-corrected chi connectivity index (χ1v) is 14.3. The first kappa shape index (κ1) is 29.4. The van der Waals surface area contributed by atoms with E-state index in [2.05, 4.69) is 5.32 Å². The van der Waals surface area contributed by atoms with Crippen molar-refractivity contribution in [3.8, 4) is 17.2 Å². The fraction of sp³-hybridized carbons (Fsp3) is 0.345. The maximum atomic E-state index is 13.5. The first-order valence-electron chi connectivity index (χ1n) is 12.7. The highest BCUT2D eigenvalue weighted by molar-refractivity contribution is 7.54. The van der Waals surface area contributed by atoms with E-state index < -0.39 is 25.4 Å². The molecule has 0 aliphatic heterocycles. The number of carboxylic acids is 1. The second-order valence-electron chi connectivity index (χ2n) is 9.14. The Kier molecular flexibility index (Phi) is 9.37. The normalized spacial score (nSPS) is 13.3. The van der Waals surface area contributed by atoms with Gasteiger partial charge in [-0.05, 0) is 48.6 Å². The third-order valence-electron chi connectivity index (χ3n) is 6.94. The summed E-state index contributed by atoms with van der Waals surface area (Å²) in [5.74, 6) is -0.629. The van der Waals surface area contributed by atoms with Crippen LogP contribution >= 0.6 is 7.60 Å². The molecule has 4 rings (SSSR count). The molecule has 0 saturated carbocycles. The van der Waals surface area contributed by atoms with E-state index in [-0.39, 0.29) is 12.8 Å². The Morgan fingerprint density at radius 2 is 1.60 bits per heavy atom. The lowest BCUT2D eigenvalue weighted by Gasteiger charge is -2.28. The van der Waals surface area contributed by atoms with Crippen molar-refractivity contribution < 1.29 is 42.1 Å². The third-order valence-corrected chi connectivity index (χ3v) is 9.13. The van der Waals surface area contributed by atoms with Crippen LogP contribution in [-0.4, -0.2) is 58.4 Å². The Morgan fingerprint density at radius 1 is 0.900 bits per heavy atom. The van der Waals surface area contributed by atoms with Gasteiger partial charge < -0.3 is 32.8 Å². The monoisotopic (exact) mass is 571 g/mol. The van der Waals surface area contributed by atoms with Gasteiger partial charge in [0.2, 0.25) is 5.75 Å². The molecule has 1 aromatic heterocycles. The molecule has 0 aliphatic rings. The number of carboxylic acid groups (broad SMARTS) is 1. The molecule has 11 heteroatoms. The summed E-state index contributed by atoms with van der Waals surface area (Å²) in [6, 6.07) is 15.8. The molecule has 40 heavy (non-hydrogen) atoms. The molecule has 2 N–H and O–H groups in total. The Hall–Kier alpha value is -3.56. The van der Waals surface area contributed by atoms with Gasteiger partial charge in [0.1, 0.15) is 23.0 Å². The summed E-state index contributed by atoms with van der Waals surface area (Å²) >= 11 is 0. The third kappa shape index (κ3) is 5.95. The number of hydrogen-bond acceptors (Lipinski definition) is 9. The topological polar surface area (TPSA) is 126 Å². The number of furan rings is 1. The standard InChI is InChI=1S/C29H34NO9P/c1-34-24-14-11-19(27(35-2)28(24)36-3)12-15-26(40(33,37-4)38-5)30-22(29(31)32)16-18-10-13-21-20-8-6-7-9-23(20)39-25(21)17-18/h6-11,13-14,17,22,26,30H,12,15-16H2,1-5H3,(H,31,32)/t22-,26-/m0/s1. The number of aryl methyl sites for hydroxylation is 1. The number of nitrogens with one attached hydrogen (secondary N) is 1. The SMILES string of the molecule is COc1ccc(CC[C@@H](N[C@@H](Cc2ccc3c(c2)oc2ccccc23)C(=O)O)P(=O)(OC)OC)c(OC)c1OC. The zero-order valence-electron chi connectivity index (χ0n) is 23.1. The molecule has 214 valence electrons. The van der Waals surface area contributed by atoms with Crippen LogP contribution in [0.4, 0.5) is 0 Å². The quantitative estimate of drug-likeness (QED) is 0.184. The van der Waals surface area contributed by atoms with Gasteiger partial charge in [-0.3, -0.25) is 14.7 Å². The van der Waals surface area contributed by atoms with Gasteiger partial charge in [0.15, 0.2) is 11.5 Å². The highest BCUT2D eigenvalue weighted by Gasteiger charge is 2.37. The highest BCUT2D eigenvalue weighted by Crippen LogP contribution is 2.52. The van der Waals surface area contributed by atoms with E-state index >= 15 is 0 Å². The zero-order valence-corrected chi connectivity index (χ0v) is 24.0. The Morgan fingerprint density at radius 3 is 2.25 bits per heavy atom. The molecule has 2 atom stereocenters. The number of benzene rings is 3. The summed E-state index contributed by atoms with van der Waals surface area (Å²) in [5.41, 5.74) is 2.93. The van der Waals surface area contributed by atoms with Gasteiger partial charge in [0.25, 0.3) is 0 Å². The molecule has 4 aromatic rings. The van der Waals surface area contributed by atoms with E-state index in [1.54, 1.807) is 6.07 Å². The number of para-hydroxylation sites is 1. The van der Waals surface area contributed by atoms with Crippen LogP contribution in [0.1, 0.15) is 17.5 Å². The van der Waals surface area contributed by atoms with E-state index in [4.69, 9.17) is 27.7 Å². The molecule has 0 bridgehead atoms. The smallest absolute Gasteiger partial charge is 0.346 e. The minimum absolute atomic E-state index is 0.117. The van der Waals surface area contributed by atoms with Crippen molar-refractivity contribution in [3.63, 3.8) is 0 Å². The lowest BCUT2D eigenvalue weighted by atomic mass is 10.0. The van der Waals surface area contributed by atoms with Gasteiger partial charge in [0, 0.05) is 25.0 Å². The minimum atomic E-state index is -3.73. The van der Waals surface area contributed by atoms with E-state index in [1.165, 1.54) is 35.5 Å². The molecule has 0 saturated heterocycles.